The molecule has 21 heavy (non-hydrogen) atoms. The van der Waals surface area contributed by atoms with Gasteiger partial charge in [-0.2, -0.15) is 4.99 Å². The van der Waals surface area contributed by atoms with E-state index in [2.05, 4.69) is 9.98 Å². The molecule has 1 heterocycles. The summed E-state index contributed by atoms with van der Waals surface area (Å²) in [5, 5.41) is 0.512. The van der Waals surface area contributed by atoms with Gasteiger partial charge in [-0.1, -0.05) is 35.1 Å². The first-order chi connectivity index (χ1) is 10.2. The van der Waals surface area contributed by atoms with E-state index in [1.807, 2.05) is 18.2 Å². The molecule has 0 fully saturated rings. The lowest BCUT2D eigenvalue weighted by Crippen LogP contribution is -2.04. The van der Waals surface area contributed by atoms with Gasteiger partial charge in [0.1, 0.15) is 5.75 Å². The number of rotatable bonds is 2. The first kappa shape index (κ1) is 13.9. The second-order valence-electron chi connectivity index (χ2n) is 4.30. The second-order valence-corrected chi connectivity index (χ2v) is 5.73. The molecule has 0 aliphatic carbocycles. The third kappa shape index (κ3) is 2.84. The van der Waals surface area contributed by atoms with Crippen LogP contribution in [0.25, 0.3) is 10.2 Å². The fraction of sp³-hybridized carbons (Fsp3) is 0.0667. The molecule has 0 unspecified atom stereocenters. The van der Waals surface area contributed by atoms with Crippen molar-refractivity contribution in [3.8, 4) is 5.75 Å². The zero-order valence-electron chi connectivity index (χ0n) is 11.1. The number of thiazole rings is 1. The van der Waals surface area contributed by atoms with Crippen molar-refractivity contribution in [2.75, 3.05) is 7.11 Å². The standard InChI is InChI=1S/C15H11ClN2O2S/c1-20-12-7-3-6-11-13(12)21-15(17-11)18-14(19)9-4-2-5-10(16)8-9/h2-8H,1H3,(H,17,18,19). The Morgan fingerprint density at radius 2 is 2.10 bits per heavy atom. The maximum Gasteiger partial charge on any atom is 0.279 e. The molecular weight excluding hydrogens is 308 g/mol. The molecule has 3 aromatic rings. The van der Waals surface area contributed by atoms with Crippen molar-refractivity contribution >= 4 is 39.1 Å². The Morgan fingerprint density at radius 3 is 2.86 bits per heavy atom. The van der Waals surface area contributed by atoms with Crippen LogP contribution in [-0.2, 0) is 0 Å². The number of carbonyl (C=O) groups is 1. The van der Waals surface area contributed by atoms with Gasteiger partial charge in [0, 0.05) is 10.6 Å². The Hall–Kier alpha value is -2.11. The highest BCUT2D eigenvalue weighted by atomic mass is 35.5. The van der Waals surface area contributed by atoms with Gasteiger partial charge in [0.05, 0.1) is 17.3 Å². The van der Waals surface area contributed by atoms with Crippen molar-refractivity contribution in [1.82, 2.24) is 4.98 Å². The van der Waals surface area contributed by atoms with Gasteiger partial charge in [-0.25, -0.2) is 0 Å². The Labute approximate surface area is 129 Å². The number of hydrogen-bond acceptors (Lipinski definition) is 3. The minimum absolute atomic E-state index is 0.334. The summed E-state index contributed by atoms with van der Waals surface area (Å²) in [6.07, 6.45) is 0. The molecule has 0 saturated heterocycles. The van der Waals surface area contributed by atoms with Crippen molar-refractivity contribution in [3.63, 3.8) is 0 Å². The minimum atomic E-state index is -0.334. The van der Waals surface area contributed by atoms with E-state index < -0.39 is 0 Å². The first-order valence-corrected chi connectivity index (χ1v) is 7.37. The summed E-state index contributed by atoms with van der Waals surface area (Å²) < 4.78 is 6.22. The fourth-order valence-corrected chi connectivity index (χ4v) is 3.10. The molecule has 4 nitrogen and oxygen atoms in total. The number of ether oxygens (including phenoxy) is 1. The number of halogens is 1. The summed E-state index contributed by atoms with van der Waals surface area (Å²) in [6, 6.07) is 12.4. The first-order valence-electron chi connectivity index (χ1n) is 6.18. The predicted octanol–water partition coefficient (Wildman–Crippen LogP) is 3.63. The molecule has 106 valence electrons. The van der Waals surface area contributed by atoms with Gasteiger partial charge < -0.3 is 9.72 Å². The van der Waals surface area contributed by atoms with Crippen LogP contribution >= 0.6 is 22.9 Å². The van der Waals surface area contributed by atoms with Gasteiger partial charge in [0.2, 0.25) is 0 Å². The maximum absolute atomic E-state index is 12.1. The van der Waals surface area contributed by atoms with Gasteiger partial charge in [-0.15, -0.1) is 0 Å². The van der Waals surface area contributed by atoms with Crippen LogP contribution in [0.15, 0.2) is 47.5 Å². The lowest BCUT2D eigenvalue weighted by molar-refractivity contribution is 0.0998. The van der Waals surface area contributed by atoms with Gasteiger partial charge in [-0.3, -0.25) is 4.79 Å². The summed E-state index contributed by atoms with van der Waals surface area (Å²) in [5.74, 6) is 0.421. The van der Waals surface area contributed by atoms with Crippen LogP contribution in [0.1, 0.15) is 10.4 Å². The molecule has 1 amide bonds. The number of benzene rings is 2. The molecule has 0 spiro atoms. The van der Waals surface area contributed by atoms with E-state index in [1.165, 1.54) is 11.3 Å². The smallest absolute Gasteiger partial charge is 0.279 e. The highest BCUT2D eigenvalue weighted by Gasteiger charge is 2.07. The van der Waals surface area contributed by atoms with Crippen LogP contribution in [-0.4, -0.2) is 18.0 Å². The largest absolute Gasteiger partial charge is 0.495 e. The van der Waals surface area contributed by atoms with Crippen LogP contribution in [0.4, 0.5) is 0 Å². The van der Waals surface area contributed by atoms with Gasteiger partial charge in [-0.05, 0) is 30.3 Å². The van der Waals surface area contributed by atoms with E-state index in [4.69, 9.17) is 16.3 Å². The SMILES string of the molecule is COc1cccc2[nH]/c(=N/C(=O)c3cccc(Cl)c3)sc12. The number of nitrogens with zero attached hydrogens (tertiary/aromatic N) is 1. The van der Waals surface area contributed by atoms with Crippen molar-refractivity contribution in [2.24, 2.45) is 4.99 Å². The Bertz CT molecular complexity index is 883. The van der Waals surface area contributed by atoms with E-state index in [0.717, 1.165) is 16.0 Å². The Balaban J connectivity index is 2.05. The third-order valence-electron chi connectivity index (χ3n) is 2.91. The molecule has 0 aliphatic heterocycles. The zero-order chi connectivity index (χ0) is 14.8. The molecule has 0 aliphatic rings. The van der Waals surface area contributed by atoms with Gasteiger partial charge >= 0.3 is 0 Å². The number of fused-ring (bicyclic) bond motifs is 1. The van der Waals surface area contributed by atoms with Crippen LogP contribution in [0.2, 0.25) is 5.02 Å². The lowest BCUT2D eigenvalue weighted by Gasteiger charge is -1.98. The molecule has 6 heteroatoms. The lowest BCUT2D eigenvalue weighted by atomic mass is 10.2. The number of hydrogen-bond donors (Lipinski definition) is 1. The molecule has 0 saturated carbocycles. The summed E-state index contributed by atoms with van der Waals surface area (Å²) in [4.78, 5) is 19.9. The second kappa shape index (κ2) is 5.71. The molecular formula is C15H11ClN2O2S. The number of amides is 1. The highest BCUT2D eigenvalue weighted by molar-refractivity contribution is 7.16. The number of H-pyrrole nitrogens is 1. The number of aromatic amines is 1. The zero-order valence-corrected chi connectivity index (χ0v) is 12.7. The highest BCUT2D eigenvalue weighted by Crippen LogP contribution is 2.25. The Kier molecular flexibility index (Phi) is 3.77. The molecule has 0 bridgehead atoms. The normalized spacial score (nSPS) is 11.8. The quantitative estimate of drug-likeness (QED) is 0.784. The fourth-order valence-electron chi connectivity index (χ4n) is 1.95. The van der Waals surface area contributed by atoms with Gasteiger partial charge in [0.25, 0.3) is 5.91 Å². The average molecular weight is 319 g/mol. The van der Waals surface area contributed by atoms with Crippen LogP contribution in [0.5, 0.6) is 5.75 Å². The monoisotopic (exact) mass is 318 g/mol. The van der Waals surface area contributed by atoms with Crippen molar-refractivity contribution in [1.29, 1.82) is 0 Å². The molecule has 0 atom stereocenters. The summed E-state index contributed by atoms with van der Waals surface area (Å²) in [7, 11) is 1.61. The number of nitrogens with one attached hydrogen (secondary N) is 1. The number of methoxy groups -OCH3 is 1. The third-order valence-corrected chi connectivity index (χ3v) is 4.16. The van der Waals surface area contributed by atoms with Crippen molar-refractivity contribution in [3.05, 3.63) is 57.9 Å². The summed E-state index contributed by atoms with van der Waals surface area (Å²) >= 11 is 7.25. The number of carbonyl (C=O) groups excluding carboxylic acids is 1. The summed E-state index contributed by atoms with van der Waals surface area (Å²) in [6.45, 7) is 0. The summed E-state index contributed by atoms with van der Waals surface area (Å²) in [5.41, 5.74) is 1.34. The van der Waals surface area contributed by atoms with E-state index in [0.29, 0.717) is 15.4 Å². The van der Waals surface area contributed by atoms with E-state index in [1.54, 1.807) is 31.4 Å². The Morgan fingerprint density at radius 1 is 1.29 bits per heavy atom. The van der Waals surface area contributed by atoms with Crippen molar-refractivity contribution in [2.45, 2.75) is 0 Å². The molecule has 3 rings (SSSR count). The topological polar surface area (TPSA) is 54.4 Å². The molecule has 0 radical (unpaired) electrons. The number of aromatic nitrogens is 1. The maximum atomic E-state index is 12.1. The molecule has 1 aromatic heterocycles. The predicted molar refractivity (Wildman–Crippen MR) is 84.1 cm³/mol. The van der Waals surface area contributed by atoms with E-state index >= 15 is 0 Å². The van der Waals surface area contributed by atoms with Gasteiger partial charge in [0.15, 0.2) is 4.80 Å². The van der Waals surface area contributed by atoms with E-state index in [9.17, 15) is 4.79 Å². The van der Waals surface area contributed by atoms with Crippen LogP contribution in [0, 0.1) is 0 Å². The van der Waals surface area contributed by atoms with Crippen LogP contribution in [0.3, 0.4) is 0 Å². The van der Waals surface area contributed by atoms with Crippen molar-refractivity contribution < 1.29 is 9.53 Å². The average Bonchev–Trinajstić information content (AvgIpc) is 2.89. The minimum Gasteiger partial charge on any atom is -0.495 e. The van der Waals surface area contributed by atoms with Crippen LogP contribution < -0.4 is 9.54 Å². The molecule has 1 N–H and O–H groups in total. The van der Waals surface area contributed by atoms with E-state index in [-0.39, 0.29) is 5.91 Å². The molecule has 2 aromatic carbocycles.